The molecule has 0 unspecified atom stereocenters. The van der Waals surface area contributed by atoms with Gasteiger partial charge in [-0.1, -0.05) is 0 Å². The van der Waals surface area contributed by atoms with E-state index in [4.69, 9.17) is 5.73 Å². The fourth-order valence-electron chi connectivity index (χ4n) is 1.34. The quantitative estimate of drug-likeness (QED) is 0.815. The third-order valence-electron chi connectivity index (χ3n) is 1.96. The van der Waals surface area contributed by atoms with Crippen LogP contribution in [0, 0.1) is 13.8 Å². The molecule has 2 heterocycles. The van der Waals surface area contributed by atoms with Crippen molar-refractivity contribution in [1.82, 2.24) is 14.8 Å². The van der Waals surface area contributed by atoms with Crippen molar-refractivity contribution in [2.45, 2.75) is 20.4 Å². The number of aromatic nitrogens is 3. The molecule has 14 heavy (non-hydrogen) atoms. The molecule has 0 radical (unpaired) electrons. The molecule has 0 bridgehead atoms. The van der Waals surface area contributed by atoms with Crippen LogP contribution in [0.3, 0.4) is 0 Å². The van der Waals surface area contributed by atoms with Gasteiger partial charge in [-0.3, -0.25) is 4.68 Å². The first kappa shape index (κ1) is 9.21. The van der Waals surface area contributed by atoms with Gasteiger partial charge in [0.1, 0.15) is 0 Å². The van der Waals surface area contributed by atoms with Crippen LogP contribution in [0.25, 0.3) is 0 Å². The van der Waals surface area contributed by atoms with Crippen LogP contribution < -0.4 is 5.73 Å². The molecule has 0 saturated carbocycles. The lowest BCUT2D eigenvalue weighted by Gasteiger charge is -1.98. The monoisotopic (exact) mass is 208 g/mol. The van der Waals surface area contributed by atoms with E-state index in [-0.39, 0.29) is 0 Å². The maximum Gasteiger partial charge on any atom is 0.0900 e. The highest BCUT2D eigenvalue weighted by Crippen LogP contribution is 2.17. The zero-order valence-corrected chi connectivity index (χ0v) is 9.01. The Kier molecular flexibility index (Phi) is 2.25. The van der Waals surface area contributed by atoms with Gasteiger partial charge in [-0.05, 0) is 13.8 Å². The standard InChI is InChI=1S/C9H12N4S/c1-6-9(12-7(2)14-6)5-13-4-8(10)3-11-13/h3-4H,5,10H2,1-2H3. The summed E-state index contributed by atoms with van der Waals surface area (Å²) in [5.74, 6) is 0. The van der Waals surface area contributed by atoms with E-state index in [0.29, 0.717) is 12.2 Å². The number of hydrogen-bond donors (Lipinski definition) is 1. The summed E-state index contributed by atoms with van der Waals surface area (Å²) in [5, 5.41) is 5.21. The molecule has 0 spiro atoms. The Morgan fingerprint density at radius 2 is 2.29 bits per heavy atom. The zero-order valence-electron chi connectivity index (χ0n) is 8.19. The highest BCUT2D eigenvalue weighted by atomic mass is 32.1. The molecular formula is C9H12N4S. The second-order valence-corrected chi connectivity index (χ2v) is 4.61. The molecule has 0 amide bonds. The molecule has 5 heteroatoms. The van der Waals surface area contributed by atoms with Crippen LogP contribution >= 0.6 is 11.3 Å². The van der Waals surface area contributed by atoms with Crippen LogP contribution in [0.5, 0.6) is 0 Å². The highest BCUT2D eigenvalue weighted by Gasteiger charge is 2.05. The van der Waals surface area contributed by atoms with E-state index >= 15 is 0 Å². The van der Waals surface area contributed by atoms with E-state index in [2.05, 4.69) is 17.0 Å². The largest absolute Gasteiger partial charge is 0.396 e. The average molecular weight is 208 g/mol. The first-order chi connectivity index (χ1) is 6.65. The van der Waals surface area contributed by atoms with Gasteiger partial charge in [0.25, 0.3) is 0 Å². The number of hydrogen-bond acceptors (Lipinski definition) is 4. The summed E-state index contributed by atoms with van der Waals surface area (Å²) in [4.78, 5) is 5.68. The lowest BCUT2D eigenvalue weighted by molar-refractivity contribution is 0.672. The Hall–Kier alpha value is -1.36. The van der Waals surface area contributed by atoms with Crippen molar-refractivity contribution in [3.05, 3.63) is 28.0 Å². The molecule has 4 nitrogen and oxygen atoms in total. The summed E-state index contributed by atoms with van der Waals surface area (Å²) < 4.78 is 1.80. The Labute approximate surface area is 86.4 Å². The second kappa shape index (κ2) is 3.42. The molecule has 2 rings (SSSR count). The van der Waals surface area contributed by atoms with Crippen molar-refractivity contribution in [2.24, 2.45) is 0 Å². The molecule has 74 valence electrons. The van der Waals surface area contributed by atoms with Gasteiger partial charge < -0.3 is 5.73 Å². The summed E-state index contributed by atoms with van der Waals surface area (Å²) in [7, 11) is 0. The predicted molar refractivity (Wildman–Crippen MR) is 57.3 cm³/mol. The van der Waals surface area contributed by atoms with Crippen LogP contribution in [-0.4, -0.2) is 14.8 Å². The fourth-order valence-corrected chi connectivity index (χ4v) is 2.17. The number of rotatable bonds is 2. The zero-order chi connectivity index (χ0) is 10.1. The lowest BCUT2D eigenvalue weighted by atomic mass is 10.4. The first-order valence-electron chi connectivity index (χ1n) is 4.36. The van der Waals surface area contributed by atoms with Gasteiger partial charge >= 0.3 is 0 Å². The third-order valence-corrected chi connectivity index (χ3v) is 2.89. The molecule has 0 aliphatic rings. The molecule has 2 aromatic heterocycles. The average Bonchev–Trinajstić information content (AvgIpc) is 2.61. The number of anilines is 1. The van der Waals surface area contributed by atoms with E-state index in [0.717, 1.165) is 10.7 Å². The first-order valence-corrected chi connectivity index (χ1v) is 5.17. The summed E-state index contributed by atoms with van der Waals surface area (Å²) in [5.41, 5.74) is 7.34. The van der Waals surface area contributed by atoms with Crippen molar-refractivity contribution in [2.75, 3.05) is 5.73 Å². The van der Waals surface area contributed by atoms with Gasteiger partial charge in [-0.2, -0.15) is 5.10 Å². The molecular weight excluding hydrogens is 196 g/mol. The Morgan fingerprint density at radius 1 is 1.50 bits per heavy atom. The maximum atomic E-state index is 5.57. The van der Waals surface area contributed by atoms with Crippen LogP contribution in [0.15, 0.2) is 12.4 Å². The molecule has 0 aliphatic carbocycles. The molecule has 2 N–H and O–H groups in total. The Morgan fingerprint density at radius 3 is 2.79 bits per heavy atom. The minimum Gasteiger partial charge on any atom is -0.396 e. The van der Waals surface area contributed by atoms with Crippen molar-refractivity contribution < 1.29 is 0 Å². The Balaban J connectivity index is 2.22. The van der Waals surface area contributed by atoms with Gasteiger partial charge in [0, 0.05) is 11.1 Å². The summed E-state index contributed by atoms with van der Waals surface area (Å²) in [6.45, 7) is 4.79. The molecule has 0 aliphatic heterocycles. The summed E-state index contributed by atoms with van der Waals surface area (Å²) in [6.07, 6.45) is 3.46. The predicted octanol–water partition coefficient (Wildman–Crippen LogP) is 1.59. The topological polar surface area (TPSA) is 56.7 Å². The van der Waals surface area contributed by atoms with Gasteiger partial charge in [-0.25, -0.2) is 4.98 Å². The molecule has 0 atom stereocenters. The summed E-state index contributed by atoms with van der Waals surface area (Å²) >= 11 is 1.71. The fraction of sp³-hybridized carbons (Fsp3) is 0.333. The van der Waals surface area contributed by atoms with Crippen molar-refractivity contribution in [3.8, 4) is 0 Å². The van der Waals surface area contributed by atoms with Crippen LogP contribution in [0.2, 0.25) is 0 Å². The highest BCUT2D eigenvalue weighted by molar-refractivity contribution is 7.11. The number of aryl methyl sites for hydroxylation is 2. The Bertz CT molecular complexity index is 443. The summed E-state index contributed by atoms with van der Waals surface area (Å²) in [6, 6.07) is 0. The number of nitrogens with zero attached hydrogens (tertiary/aromatic N) is 3. The van der Waals surface area contributed by atoms with E-state index in [1.807, 2.05) is 13.1 Å². The van der Waals surface area contributed by atoms with Gasteiger partial charge in [-0.15, -0.1) is 11.3 Å². The van der Waals surface area contributed by atoms with Gasteiger partial charge in [0.05, 0.1) is 29.1 Å². The lowest BCUT2D eigenvalue weighted by Crippen LogP contribution is -2.01. The van der Waals surface area contributed by atoms with E-state index < -0.39 is 0 Å². The smallest absolute Gasteiger partial charge is 0.0900 e. The minimum absolute atomic E-state index is 0.689. The van der Waals surface area contributed by atoms with Crippen molar-refractivity contribution in [3.63, 3.8) is 0 Å². The van der Waals surface area contributed by atoms with Crippen LogP contribution in [-0.2, 0) is 6.54 Å². The van der Waals surface area contributed by atoms with Gasteiger partial charge in [0.2, 0.25) is 0 Å². The van der Waals surface area contributed by atoms with Crippen LogP contribution in [0.1, 0.15) is 15.6 Å². The normalized spacial score (nSPS) is 10.7. The number of nitrogens with two attached hydrogens (primary N) is 1. The van der Waals surface area contributed by atoms with Crippen molar-refractivity contribution >= 4 is 17.0 Å². The van der Waals surface area contributed by atoms with E-state index in [1.165, 1.54) is 4.88 Å². The van der Waals surface area contributed by atoms with E-state index in [1.54, 1.807) is 22.2 Å². The SMILES string of the molecule is Cc1nc(Cn2cc(N)cn2)c(C)s1. The number of nitrogen functional groups attached to an aromatic ring is 1. The molecule has 0 fully saturated rings. The van der Waals surface area contributed by atoms with Gasteiger partial charge in [0.15, 0.2) is 0 Å². The molecule has 0 aromatic carbocycles. The van der Waals surface area contributed by atoms with Crippen LogP contribution in [0.4, 0.5) is 5.69 Å². The van der Waals surface area contributed by atoms with Crippen molar-refractivity contribution in [1.29, 1.82) is 0 Å². The minimum atomic E-state index is 0.689. The second-order valence-electron chi connectivity index (χ2n) is 3.21. The third kappa shape index (κ3) is 1.77. The molecule has 2 aromatic rings. The maximum absolute atomic E-state index is 5.57. The van der Waals surface area contributed by atoms with E-state index in [9.17, 15) is 0 Å². The molecule has 0 saturated heterocycles. The number of thiazole rings is 1.